The number of rotatable bonds is 9. The molecule has 0 saturated carbocycles. The van der Waals surface area contributed by atoms with Crippen LogP contribution in [0.2, 0.25) is 0 Å². The van der Waals surface area contributed by atoms with Gasteiger partial charge in [0.2, 0.25) is 5.89 Å². The number of methoxy groups -OCH3 is 1. The molecule has 2 rings (SSSR count). The molecule has 1 heterocycles. The zero-order valence-corrected chi connectivity index (χ0v) is 16.7. The van der Waals surface area contributed by atoms with Crippen LogP contribution in [0.5, 0.6) is 11.5 Å². The number of nitrogens with zero attached hydrogens (tertiary/aromatic N) is 3. The van der Waals surface area contributed by atoms with Gasteiger partial charge in [-0.3, -0.25) is 4.99 Å². The number of hydrogen-bond acceptors (Lipinski definition) is 6. The Labute approximate surface area is 160 Å². The molecule has 1 atom stereocenters. The second kappa shape index (κ2) is 10.4. The molecule has 0 bridgehead atoms. The third-order valence-electron chi connectivity index (χ3n) is 3.81. The van der Waals surface area contributed by atoms with Gasteiger partial charge in [-0.05, 0) is 19.1 Å². The highest BCUT2D eigenvalue weighted by Gasteiger charge is 2.11. The lowest BCUT2D eigenvalue weighted by Gasteiger charge is -2.18. The molecule has 1 unspecified atom stereocenters. The predicted molar refractivity (Wildman–Crippen MR) is 105 cm³/mol. The van der Waals surface area contributed by atoms with Gasteiger partial charge in [-0.15, -0.1) is 0 Å². The summed E-state index contributed by atoms with van der Waals surface area (Å²) >= 11 is 0. The van der Waals surface area contributed by atoms with Crippen LogP contribution in [-0.2, 0) is 6.42 Å². The fourth-order valence-electron chi connectivity index (χ4n) is 2.33. The maximum atomic E-state index is 5.93. The molecule has 8 nitrogen and oxygen atoms in total. The third-order valence-corrected chi connectivity index (χ3v) is 3.81. The van der Waals surface area contributed by atoms with Gasteiger partial charge < -0.3 is 24.6 Å². The fraction of sp³-hybridized carbons (Fsp3) is 0.526. The minimum Gasteiger partial charge on any atom is -0.493 e. The molecule has 0 amide bonds. The summed E-state index contributed by atoms with van der Waals surface area (Å²) in [5, 5.41) is 10.4. The molecule has 0 aliphatic carbocycles. The van der Waals surface area contributed by atoms with E-state index in [2.05, 4.69) is 25.8 Å². The summed E-state index contributed by atoms with van der Waals surface area (Å²) in [5.74, 6) is 3.73. The van der Waals surface area contributed by atoms with Gasteiger partial charge in [0.15, 0.2) is 23.3 Å². The van der Waals surface area contributed by atoms with Crippen molar-refractivity contribution in [1.82, 2.24) is 20.8 Å². The molecule has 2 aromatic rings. The van der Waals surface area contributed by atoms with E-state index in [4.69, 9.17) is 14.0 Å². The van der Waals surface area contributed by atoms with Crippen molar-refractivity contribution in [3.05, 3.63) is 36.0 Å². The third kappa shape index (κ3) is 6.47. The number of para-hydroxylation sites is 2. The molecular weight excluding hydrogens is 346 g/mol. The van der Waals surface area contributed by atoms with E-state index in [1.165, 1.54) is 0 Å². The molecule has 0 radical (unpaired) electrons. The highest BCUT2D eigenvalue weighted by molar-refractivity contribution is 5.79. The SMILES string of the molecule is CN=C(NCCc1nc(C(C)C)no1)NCC(C)Oc1ccccc1OC. The second-order valence-electron chi connectivity index (χ2n) is 6.41. The van der Waals surface area contributed by atoms with E-state index >= 15 is 0 Å². The summed E-state index contributed by atoms with van der Waals surface area (Å²) in [6.45, 7) is 7.29. The summed E-state index contributed by atoms with van der Waals surface area (Å²) in [7, 11) is 3.36. The van der Waals surface area contributed by atoms with Crippen molar-refractivity contribution >= 4 is 5.96 Å². The van der Waals surface area contributed by atoms with Gasteiger partial charge in [-0.25, -0.2) is 0 Å². The van der Waals surface area contributed by atoms with Crippen molar-refractivity contribution in [2.24, 2.45) is 4.99 Å². The first-order valence-electron chi connectivity index (χ1n) is 9.10. The molecule has 8 heteroatoms. The number of aliphatic imine (C=N–C) groups is 1. The first-order valence-corrected chi connectivity index (χ1v) is 9.10. The quantitative estimate of drug-likeness (QED) is 0.513. The fourth-order valence-corrected chi connectivity index (χ4v) is 2.33. The molecule has 0 spiro atoms. The Morgan fingerprint density at radius 3 is 2.56 bits per heavy atom. The zero-order valence-electron chi connectivity index (χ0n) is 16.7. The van der Waals surface area contributed by atoms with Crippen molar-refractivity contribution in [1.29, 1.82) is 0 Å². The maximum Gasteiger partial charge on any atom is 0.228 e. The molecule has 27 heavy (non-hydrogen) atoms. The summed E-state index contributed by atoms with van der Waals surface area (Å²) in [4.78, 5) is 8.57. The number of nitrogens with one attached hydrogen (secondary N) is 2. The lowest BCUT2D eigenvalue weighted by molar-refractivity contribution is 0.213. The Balaban J connectivity index is 1.74. The van der Waals surface area contributed by atoms with Crippen molar-refractivity contribution in [2.75, 3.05) is 27.2 Å². The van der Waals surface area contributed by atoms with E-state index in [0.717, 1.165) is 11.6 Å². The first-order chi connectivity index (χ1) is 13.0. The monoisotopic (exact) mass is 375 g/mol. The molecule has 2 N–H and O–H groups in total. The predicted octanol–water partition coefficient (Wildman–Crippen LogP) is 2.38. The molecule has 0 fully saturated rings. The normalized spacial score (nSPS) is 12.7. The van der Waals surface area contributed by atoms with Gasteiger partial charge >= 0.3 is 0 Å². The van der Waals surface area contributed by atoms with E-state index in [-0.39, 0.29) is 12.0 Å². The van der Waals surface area contributed by atoms with Crippen molar-refractivity contribution in [2.45, 2.75) is 39.2 Å². The van der Waals surface area contributed by atoms with Gasteiger partial charge in [0.25, 0.3) is 0 Å². The number of ether oxygens (including phenoxy) is 2. The first kappa shape index (κ1) is 20.5. The number of aromatic nitrogens is 2. The van der Waals surface area contributed by atoms with Gasteiger partial charge in [0.1, 0.15) is 6.10 Å². The smallest absolute Gasteiger partial charge is 0.228 e. The van der Waals surface area contributed by atoms with Crippen LogP contribution < -0.4 is 20.1 Å². The zero-order chi connectivity index (χ0) is 19.6. The lowest BCUT2D eigenvalue weighted by Crippen LogP contribution is -2.42. The van der Waals surface area contributed by atoms with Gasteiger partial charge in [0, 0.05) is 25.9 Å². The summed E-state index contributed by atoms with van der Waals surface area (Å²) < 4.78 is 16.5. The van der Waals surface area contributed by atoms with Crippen LogP contribution in [-0.4, -0.2) is 49.5 Å². The Morgan fingerprint density at radius 1 is 1.19 bits per heavy atom. The average molecular weight is 375 g/mol. The molecule has 148 valence electrons. The van der Waals surface area contributed by atoms with E-state index in [9.17, 15) is 0 Å². The lowest BCUT2D eigenvalue weighted by atomic mass is 10.2. The van der Waals surface area contributed by atoms with E-state index < -0.39 is 0 Å². The van der Waals surface area contributed by atoms with Crippen LogP contribution in [0.15, 0.2) is 33.8 Å². The van der Waals surface area contributed by atoms with Crippen LogP contribution >= 0.6 is 0 Å². The summed E-state index contributed by atoms with van der Waals surface area (Å²) in [5.41, 5.74) is 0. The molecule has 1 aromatic carbocycles. The summed E-state index contributed by atoms with van der Waals surface area (Å²) in [6.07, 6.45) is 0.567. The highest BCUT2D eigenvalue weighted by Crippen LogP contribution is 2.26. The Bertz CT molecular complexity index is 730. The van der Waals surface area contributed by atoms with Crippen LogP contribution in [0, 0.1) is 0 Å². The average Bonchev–Trinajstić information content (AvgIpc) is 3.14. The molecular formula is C19H29N5O3. The van der Waals surface area contributed by atoms with E-state index in [1.807, 2.05) is 45.0 Å². The van der Waals surface area contributed by atoms with Crippen LogP contribution in [0.1, 0.15) is 38.4 Å². The molecule has 0 aliphatic rings. The minimum absolute atomic E-state index is 0.0654. The Hall–Kier alpha value is -2.77. The molecule has 0 saturated heterocycles. The number of benzene rings is 1. The minimum atomic E-state index is -0.0654. The largest absolute Gasteiger partial charge is 0.493 e. The van der Waals surface area contributed by atoms with Gasteiger partial charge in [-0.1, -0.05) is 31.1 Å². The van der Waals surface area contributed by atoms with E-state index in [1.54, 1.807) is 14.2 Å². The van der Waals surface area contributed by atoms with Crippen molar-refractivity contribution in [3.63, 3.8) is 0 Å². The number of hydrogen-bond donors (Lipinski definition) is 2. The number of guanidine groups is 1. The van der Waals surface area contributed by atoms with Crippen LogP contribution in [0.25, 0.3) is 0 Å². The van der Waals surface area contributed by atoms with Crippen LogP contribution in [0.3, 0.4) is 0 Å². The summed E-state index contributed by atoms with van der Waals surface area (Å²) in [6, 6.07) is 7.59. The Morgan fingerprint density at radius 2 is 1.93 bits per heavy atom. The molecule has 0 aliphatic heterocycles. The van der Waals surface area contributed by atoms with Gasteiger partial charge in [-0.2, -0.15) is 4.98 Å². The molecule has 1 aromatic heterocycles. The standard InChI is InChI=1S/C19H29N5O3/c1-13(2)18-23-17(27-24-18)10-11-21-19(20-4)22-12-14(3)26-16-9-7-6-8-15(16)25-5/h6-9,13-14H,10-12H2,1-5H3,(H2,20,21,22). The maximum absolute atomic E-state index is 5.93. The Kier molecular flexibility index (Phi) is 7.91. The van der Waals surface area contributed by atoms with Crippen LogP contribution in [0.4, 0.5) is 0 Å². The van der Waals surface area contributed by atoms with E-state index in [0.29, 0.717) is 37.1 Å². The topological polar surface area (TPSA) is 93.8 Å². The van der Waals surface area contributed by atoms with Crippen molar-refractivity contribution in [3.8, 4) is 11.5 Å². The second-order valence-corrected chi connectivity index (χ2v) is 6.41. The van der Waals surface area contributed by atoms with Crippen molar-refractivity contribution < 1.29 is 14.0 Å². The highest BCUT2D eigenvalue weighted by atomic mass is 16.5. The van der Waals surface area contributed by atoms with Gasteiger partial charge in [0.05, 0.1) is 13.7 Å².